The standard InChI is InChI=1S/C18H21ClN2S2/c1-13(11-17-3-2-10-23-17)21(18(22)20-16-8-9-16)12-14-4-6-15(19)7-5-14/h2-7,10,13,16H,8-9,11-12H2,1H3,(H,20,22)/t13-/m1/s1. The Labute approximate surface area is 152 Å². The molecular weight excluding hydrogens is 344 g/mol. The number of hydrogen-bond acceptors (Lipinski definition) is 2. The average Bonchev–Trinajstić information content (AvgIpc) is 3.19. The zero-order valence-electron chi connectivity index (χ0n) is 13.2. The Morgan fingerprint density at radius 1 is 1.35 bits per heavy atom. The smallest absolute Gasteiger partial charge is 0.169 e. The van der Waals surface area contributed by atoms with Gasteiger partial charge in [-0.05, 0) is 61.1 Å². The van der Waals surface area contributed by atoms with Gasteiger partial charge in [0.25, 0.3) is 0 Å². The molecule has 0 unspecified atom stereocenters. The maximum absolute atomic E-state index is 5.99. The number of nitrogens with one attached hydrogen (secondary N) is 1. The minimum absolute atomic E-state index is 0.350. The summed E-state index contributed by atoms with van der Waals surface area (Å²) in [5.74, 6) is 0. The number of thiocarbonyl (C=S) groups is 1. The van der Waals surface area contributed by atoms with Crippen LogP contribution in [0.3, 0.4) is 0 Å². The van der Waals surface area contributed by atoms with E-state index in [9.17, 15) is 0 Å². The van der Waals surface area contributed by atoms with Crippen molar-refractivity contribution in [3.8, 4) is 0 Å². The highest BCUT2D eigenvalue weighted by molar-refractivity contribution is 7.80. The summed E-state index contributed by atoms with van der Waals surface area (Å²) in [6.07, 6.45) is 3.47. The lowest BCUT2D eigenvalue weighted by Gasteiger charge is -2.32. The Bertz CT molecular complexity index is 636. The van der Waals surface area contributed by atoms with Crippen LogP contribution < -0.4 is 5.32 Å². The molecule has 2 nitrogen and oxygen atoms in total. The Morgan fingerprint density at radius 2 is 2.09 bits per heavy atom. The summed E-state index contributed by atoms with van der Waals surface area (Å²) >= 11 is 13.5. The molecule has 0 saturated heterocycles. The van der Waals surface area contributed by atoms with Gasteiger partial charge >= 0.3 is 0 Å². The van der Waals surface area contributed by atoms with Crippen LogP contribution in [0.1, 0.15) is 30.2 Å². The fourth-order valence-electron chi connectivity index (χ4n) is 2.53. The monoisotopic (exact) mass is 364 g/mol. The zero-order valence-corrected chi connectivity index (χ0v) is 15.6. The van der Waals surface area contributed by atoms with Crippen molar-refractivity contribution in [1.29, 1.82) is 0 Å². The van der Waals surface area contributed by atoms with E-state index < -0.39 is 0 Å². The van der Waals surface area contributed by atoms with Crippen molar-refractivity contribution in [3.63, 3.8) is 0 Å². The normalized spacial score (nSPS) is 15.2. The first kappa shape index (κ1) is 16.7. The average molecular weight is 365 g/mol. The first-order chi connectivity index (χ1) is 11.1. The number of hydrogen-bond donors (Lipinski definition) is 1. The topological polar surface area (TPSA) is 15.3 Å². The fourth-order valence-corrected chi connectivity index (χ4v) is 3.89. The van der Waals surface area contributed by atoms with E-state index in [1.54, 1.807) is 0 Å². The SMILES string of the molecule is C[C@H](Cc1cccs1)N(Cc1ccc(Cl)cc1)C(=S)NC1CC1. The second kappa shape index (κ2) is 7.65. The highest BCUT2D eigenvalue weighted by Gasteiger charge is 2.26. The lowest BCUT2D eigenvalue weighted by molar-refractivity contribution is 0.317. The predicted molar refractivity (Wildman–Crippen MR) is 103 cm³/mol. The van der Waals surface area contributed by atoms with E-state index in [1.165, 1.54) is 23.3 Å². The maximum atomic E-state index is 5.99. The van der Waals surface area contributed by atoms with Gasteiger partial charge in [0.1, 0.15) is 0 Å². The Balaban J connectivity index is 1.71. The molecule has 0 bridgehead atoms. The van der Waals surface area contributed by atoms with Crippen LogP contribution in [-0.2, 0) is 13.0 Å². The van der Waals surface area contributed by atoms with Gasteiger partial charge in [0.05, 0.1) is 0 Å². The number of halogens is 1. The van der Waals surface area contributed by atoms with Crippen molar-refractivity contribution in [2.24, 2.45) is 0 Å². The van der Waals surface area contributed by atoms with Crippen LogP contribution in [0, 0.1) is 0 Å². The van der Waals surface area contributed by atoms with Gasteiger partial charge in [-0.3, -0.25) is 0 Å². The molecule has 1 aromatic heterocycles. The molecule has 1 fully saturated rings. The molecule has 122 valence electrons. The van der Waals surface area contributed by atoms with Crippen molar-refractivity contribution in [1.82, 2.24) is 10.2 Å². The molecule has 1 heterocycles. The van der Waals surface area contributed by atoms with Crippen LogP contribution in [0.25, 0.3) is 0 Å². The number of nitrogens with zero attached hydrogens (tertiary/aromatic N) is 1. The third-order valence-corrected chi connectivity index (χ3v) is 5.54. The summed E-state index contributed by atoms with van der Waals surface area (Å²) in [5, 5.41) is 7.25. The lowest BCUT2D eigenvalue weighted by Crippen LogP contribution is -2.45. The summed E-state index contributed by atoms with van der Waals surface area (Å²) in [5.41, 5.74) is 1.23. The van der Waals surface area contributed by atoms with Crippen molar-refractivity contribution in [2.45, 2.75) is 44.8 Å². The van der Waals surface area contributed by atoms with Gasteiger partial charge in [0.2, 0.25) is 0 Å². The second-order valence-corrected chi connectivity index (χ2v) is 7.97. The van der Waals surface area contributed by atoms with E-state index in [0.717, 1.165) is 23.1 Å². The molecule has 0 aliphatic heterocycles. The van der Waals surface area contributed by atoms with Crippen LogP contribution in [0.5, 0.6) is 0 Å². The van der Waals surface area contributed by atoms with Crippen LogP contribution in [-0.4, -0.2) is 22.1 Å². The summed E-state index contributed by atoms with van der Waals surface area (Å²) in [4.78, 5) is 3.70. The van der Waals surface area contributed by atoms with Crippen LogP contribution in [0.15, 0.2) is 41.8 Å². The molecule has 1 N–H and O–H groups in total. The molecule has 2 aromatic rings. The van der Waals surface area contributed by atoms with Gasteiger partial charge < -0.3 is 10.2 Å². The highest BCUT2D eigenvalue weighted by Crippen LogP contribution is 2.22. The minimum atomic E-state index is 0.350. The molecule has 1 aliphatic carbocycles. The summed E-state index contributed by atoms with van der Waals surface area (Å²) in [6.45, 7) is 3.05. The van der Waals surface area contributed by atoms with E-state index in [0.29, 0.717) is 12.1 Å². The van der Waals surface area contributed by atoms with Crippen molar-refractivity contribution < 1.29 is 0 Å². The third-order valence-electron chi connectivity index (χ3n) is 4.04. The van der Waals surface area contributed by atoms with Crippen molar-refractivity contribution in [2.75, 3.05) is 0 Å². The van der Waals surface area contributed by atoms with Crippen LogP contribution >= 0.6 is 35.2 Å². The molecule has 1 aliphatic rings. The van der Waals surface area contributed by atoms with E-state index in [2.05, 4.69) is 46.8 Å². The van der Waals surface area contributed by atoms with E-state index >= 15 is 0 Å². The van der Waals surface area contributed by atoms with Crippen LogP contribution in [0.4, 0.5) is 0 Å². The molecule has 23 heavy (non-hydrogen) atoms. The van der Waals surface area contributed by atoms with Gasteiger partial charge in [-0.25, -0.2) is 0 Å². The quantitative estimate of drug-likeness (QED) is 0.736. The van der Waals surface area contributed by atoms with E-state index in [-0.39, 0.29) is 0 Å². The first-order valence-corrected chi connectivity index (χ1v) is 9.62. The molecule has 5 heteroatoms. The Kier molecular flexibility index (Phi) is 5.57. The van der Waals surface area contributed by atoms with Gasteiger partial charge in [-0.15, -0.1) is 11.3 Å². The van der Waals surface area contributed by atoms with Gasteiger partial charge in [0, 0.05) is 34.9 Å². The fraction of sp³-hybridized carbons (Fsp3) is 0.389. The Hall–Kier alpha value is -1.10. The molecule has 3 rings (SSSR count). The Morgan fingerprint density at radius 3 is 2.70 bits per heavy atom. The number of thiophene rings is 1. The molecule has 0 amide bonds. The molecular formula is C18H21ClN2S2. The summed E-state index contributed by atoms with van der Waals surface area (Å²) in [6, 6.07) is 13.3. The zero-order chi connectivity index (χ0) is 16.2. The minimum Gasteiger partial charge on any atom is -0.360 e. The summed E-state index contributed by atoms with van der Waals surface area (Å²) < 4.78 is 0. The third kappa shape index (κ3) is 4.93. The molecule has 1 aromatic carbocycles. The maximum Gasteiger partial charge on any atom is 0.169 e. The second-order valence-electron chi connectivity index (χ2n) is 6.11. The van der Waals surface area contributed by atoms with Crippen molar-refractivity contribution >= 4 is 40.3 Å². The van der Waals surface area contributed by atoms with Crippen LogP contribution in [0.2, 0.25) is 5.02 Å². The van der Waals surface area contributed by atoms with Gasteiger partial charge in [-0.2, -0.15) is 0 Å². The molecule has 0 radical (unpaired) electrons. The van der Waals surface area contributed by atoms with Crippen molar-refractivity contribution in [3.05, 3.63) is 57.2 Å². The largest absolute Gasteiger partial charge is 0.360 e. The predicted octanol–water partition coefficient (Wildman–Crippen LogP) is 4.87. The number of benzene rings is 1. The molecule has 1 saturated carbocycles. The number of rotatable bonds is 6. The van der Waals surface area contributed by atoms with E-state index in [1.807, 2.05) is 23.5 Å². The molecule has 1 atom stereocenters. The van der Waals surface area contributed by atoms with E-state index in [4.69, 9.17) is 23.8 Å². The molecule has 0 spiro atoms. The highest BCUT2D eigenvalue weighted by atomic mass is 35.5. The lowest BCUT2D eigenvalue weighted by atomic mass is 10.1. The van der Waals surface area contributed by atoms with Gasteiger partial charge in [-0.1, -0.05) is 29.8 Å². The van der Waals surface area contributed by atoms with Gasteiger partial charge in [0.15, 0.2) is 5.11 Å². The first-order valence-electron chi connectivity index (χ1n) is 7.96. The summed E-state index contributed by atoms with van der Waals surface area (Å²) in [7, 11) is 0.